The van der Waals surface area contributed by atoms with Crippen molar-refractivity contribution in [3.05, 3.63) is 80.9 Å². The number of carbonyl (C=O) groups is 3. The van der Waals surface area contributed by atoms with Crippen LogP contribution in [0.5, 0.6) is 5.75 Å². The molecule has 1 aliphatic carbocycles. The van der Waals surface area contributed by atoms with Gasteiger partial charge in [0.15, 0.2) is 12.4 Å². The fourth-order valence-corrected chi connectivity index (χ4v) is 4.97. The van der Waals surface area contributed by atoms with Crippen molar-refractivity contribution < 1.29 is 28.6 Å². The normalized spacial score (nSPS) is 18.4. The monoisotopic (exact) mass is 558 g/mol. The van der Waals surface area contributed by atoms with E-state index in [1.165, 1.54) is 6.07 Å². The van der Waals surface area contributed by atoms with Gasteiger partial charge in [0.1, 0.15) is 17.1 Å². The molecule has 0 aromatic heterocycles. The molecule has 0 spiro atoms. The van der Waals surface area contributed by atoms with E-state index in [2.05, 4.69) is 5.32 Å². The van der Waals surface area contributed by atoms with Gasteiger partial charge in [0.25, 0.3) is 5.91 Å². The topological polar surface area (TPSA) is 117 Å². The minimum Gasteiger partial charge on any atom is -0.483 e. The second kappa shape index (κ2) is 11.1. The molecule has 0 saturated heterocycles. The zero-order chi connectivity index (χ0) is 27.6. The second-order valence-electron chi connectivity index (χ2n) is 9.81. The van der Waals surface area contributed by atoms with Crippen LogP contribution in [0.3, 0.4) is 0 Å². The lowest BCUT2D eigenvalue weighted by atomic mass is 9.70. The Morgan fingerprint density at radius 3 is 2.58 bits per heavy atom. The number of ether oxygens (including phenoxy) is 3. The Bertz CT molecular complexity index is 1360. The molecule has 0 fully saturated rings. The minimum absolute atomic E-state index is 0.0231. The van der Waals surface area contributed by atoms with Crippen LogP contribution in [0.25, 0.3) is 0 Å². The third-order valence-electron chi connectivity index (χ3n) is 6.24. The van der Waals surface area contributed by atoms with Crippen LogP contribution in [0, 0.1) is 5.41 Å². The maximum absolute atomic E-state index is 13.4. The van der Waals surface area contributed by atoms with Crippen molar-refractivity contribution >= 4 is 46.5 Å². The SMILES string of the molecule is CCOC(=O)C1=C(N)OC2=C(C(=O)CC(C)(C)C2)C1c1ccccc1OCC(=O)Nc1ccc(Cl)c(Cl)c1. The number of esters is 1. The van der Waals surface area contributed by atoms with Crippen LogP contribution in [0.4, 0.5) is 5.69 Å². The number of carbonyl (C=O) groups excluding carboxylic acids is 3. The molecule has 2 aliphatic rings. The van der Waals surface area contributed by atoms with Gasteiger partial charge in [-0.05, 0) is 36.6 Å². The van der Waals surface area contributed by atoms with Crippen LogP contribution in [-0.4, -0.2) is 30.9 Å². The van der Waals surface area contributed by atoms with Gasteiger partial charge in [-0.3, -0.25) is 9.59 Å². The lowest BCUT2D eigenvalue weighted by Gasteiger charge is -2.38. The number of hydrogen-bond acceptors (Lipinski definition) is 7. The molecule has 1 aliphatic heterocycles. The highest BCUT2D eigenvalue weighted by Crippen LogP contribution is 2.49. The standard InChI is InChI=1S/C28H28Cl2N2O6/c1-4-36-27(35)25-23(24-19(33)12-28(2,3)13-21(24)38-26(25)31)16-7-5-6-8-20(16)37-14-22(34)32-15-9-10-17(29)18(30)11-15/h5-11,23H,4,12-14,31H2,1-3H3,(H,32,34). The predicted molar refractivity (Wildman–Crippen MR) is 144 cm³/mol. The molecule has 0 saturated carbocycles. The summed E-state index contributed by atoms with van der Waals surface area (Å²) in [5, 5.41) is 3.36. The fraction of sp³-hybridized carbons (Fsp3) is 0.321. The van der Waals surface area contributed by atoms with Gasteiger partial charge in [-0.2, -0.15) is 0 Å². The van der Waals surface area contributed by atoms with Crippen molar-refractivity contribution in [1.82, 2.24) is 0 Å². The third kappa shape index (κ3) is 5.81. The van der Waals surface area contributed by atoms with E-state index >= 15 is 0 Å². The van der Waals surface area contributed by atoms with Gasteiger partial charge in [-0.15, -0.1) is 0 Å². The van der Waals surface area contributed by atoms with Crippen molar-refractivity contribution in [3.63, 3.8) is 0 Å². The molecular weight excluding hydrogens is 531 g/mol. The number of para-hydroxylation sites is 1. The van der Waals surface area contributed by atoms with Crippen LogP contribution >= 0.6 is 23.2 Å². The number of rotatable bonds is 7. The Hall–Kier alpha value is -3.49. The Morgan fingerprint density at radius 1 is 1.13 bits per heavy atom. The van der Waals surface area contributed by atoms with E-state index in [1.54, 1.807) is 43.3 Å². The quantitative estimate of drug-likeness (QED) is 0.430. The Morgan fingerprint density at radius 2 is 1.87 bits per heavy atom. The van der Waals surface area contributed by atoms with Crippen LogP contribution in [0.15, 0.2) is 65.3 Å². The predicted octanol–water partition coefficient (Wildman–Crippen LogP) is 5.50. The first-order valence-electron chi connectivity index (χ1n) is 12.1. The molecule has 1 unspecified atom stereocenters. The van der Waals surface area contributed by atoms with Crippen molar-refractivity contribution in [2.24, 2.45) is 11.1 Å². The highest BCUT2D eigenvalue weighted by Gasteiger charge is 2.45. The summed E-state index contributed by atoms with van der Waals surface area (Å²) in [5.41, 5.74) is 7.23. The fourth-order valence-electron chi connectivity index (χ4n) is 4.67. The van der Waals surface area contributed by atoms with E-state index in [1.807, 2.05) is 13.8 Å². The number of halogens is 2. The van der Waals surface area contributed by atoms with Crippen LogP contribution in [-0.2, 0) is 23.9 Å². The summed E-state index contributed by atoms with van der Waals surface area (Å²) in [6.07, 6.45) is 0.743. The maximum Gasteiger partial charge on any atom is 0.340 e. The molecule has 10 heteroatoms. The molecule has 200 valence electrons. The molecule has 38 heavy (non-hydrogen) atoms. The molecule has 0 bridgehead atoms. The summed E-state index contributed by atoms with van der Waals surface area (Å²) in [7, 11) is 0. The van der Waals surface area contributed by atoms with Gasteiger partial charge < -0.3 is 25.3 Å². The first-order chi connectivity index (χ1) is 18.0. The lowest BCUT2D eigenvalue weighted by Crippen LogP contribution is -2.36. The van der Waals surface area contributed by atoms with Crippen molar-refractivity contribution in [2.45, 2.75) is 39.5 Å². The smallest absolute Gasteiger partial charge is 0.340 e. The van der Waals surface area contributed by atoms with E-state index in [0.29, 0.717) is 44.8 Å². The van der Waals surface area contributed by atoms with E-state index in [4.69, 9.17) is 43.1 Å². The number of hydrogen-bond donors (Lipinski definition) is 2. The van der Waals surface area contributed by atoms with E-state index < -0.39 is 17.8 Å². The Kier molecular flexibility index (Phi) is 8.04. The van der Waals surface area contributed by atoms with Gasteiger partial charge in [0.2, 0.25) is 5.88 Å². The van der Waals surface area contributed by atoms with E-state index in [9.17, 15) is 14.4 Å². The average Bonchev–Trinajstić information content (AvgIpc) is 2.83. The van der Waals surface area contributed by atoms with Gasteiger partial charge in [-0.1, -0.05) is 55.2 Å². The zero-order valence-electron chi connectivity index (χ0n) is 21.2. The average molecular weight is 559 g/mol. The Balaban J connectivity index is 1.68. The maximum atomic E-state index is 13.4. The summed E-state index contributed by atoms with van der Waals surface area (Å²) < 4.78 is 17.0. The number of anilines is 1. The first-order valence-corrected chi connectivity index (χ1v) is 12.8. The molecule has 2 aromatic rings. The number of nitrogens with one attached hydrogen (secondary N) is 1. The Labute approximate surface area is 230 Å². The van der Waals surface area contributed by atoms with Crippen molar-refractivity contribution in [2.75, 3.05) is 18.5 Å². The summed E-state index contributed by atoms with van der Waals surface area (Å²) in [5.74, 6) is -1.55. The van der Waals surface area contributed by atoms with Gasteiger partial charge in [0, 0.05) is 29.7 Å². The molecule has 3 N–H and O–H groups in total. The van der Waals surface area contributed by atoms with Crippen LogP contribution in [0.2, 0.25) is 10.0 Å². The molecule has 1 amide bonds. The summed E-state index contributed by atoms with van der Waals surface area (Å²) in [4.78, 5) is 39.1. The molecule has 1 heterocycles. The molecule has 4 rings (SSSR count). The largest absolute Gasteiger partial charge is 0.483 e. The summed E-state index contributed by atoms with van der Waals surface area (Å²) in [6.45, 7) is 5.38. The number of ketones is 1. The van der Waals surface area contributed by atoms with Gasteiger partial charge in [-0.25, -0.2) is 4.79 Å². The van der Waals surface area contributed by atoms with Crippen LogP contribution in [0.1, 0.15) is 45.1 Å². The highest BCUT2D eigenvalue weighted by molar-refractivity contribution is 6.42. The van der Waals surface area contributed by atoms with Crippen LogP contribution < -0.4 is 15.8 Å². The third-order valence-corrected chi connectivity index (χ3v) is 6.98. The van der Waals surface area contributed by atoms with Gasteiger partial charge in [0.05, 0.1) is 22.6 Å². The molecule has 2 aromatic carbocycles. The number of amides is 1. The summed E-state index contributed by atoms with van der Waals surface area (Å²) >= 11 is 12.0. The second-order valence-corrected chi connectivity index (χ2v) is 10.6. The van der Waals surface area contributed by atoms with E-state index in [0.717, 1.165) is 0 Å². The molecular formula is C28H28Cl2N2O6. The lowest BCUT2D eigenvalue weighted by molar-refractivity contribution is -0.139. The summed E-state index contributed by atoms with van der Waals surface area (Å²) in [6, 6.07) is 11.6. The highest BCUT2D eigenvalue weighted by atomic mass is 35.5. The molecule has 1 atom stereocenters. The number of benzene rings is 2. The molecule has 8 nitrogen and oxygen atoms in total. The number of allylic oxidation sites excluding steroid dienone is 2. The minimum atomic E-state index is -0.879. The first kappa shape index (κ1) is 27.5. The van der Waals surface area contributed by atoms with Crippen molar-refractivity contribution in [3.8, 4) is 5.75 Å². The van der Waals surface area contributed by atoms with E-state index in [-0.39, 0.29) is 42.3 Å². The van der Waals surface area contributed by atoms with Crippen molar-refractivity contribution in [1.29, 1.82) is 0 Å². The number of nitrogens with two attached hydrogens (primary N) is 1. The number of Topliss-reactive ketones (excluding diaryl/α,β-unsaturated/α-hetero) is 1. The molecule has 0 radical (unpaired) electrons. The van der Waals surface area contributed by atoms with Gasteiger partial charge >= 0.3 is 5.97 Å². The zero-order valence-corrected chi connectivity index (χ0v) is 22.7.